The quantitative estimate of drug-likeness (QED) is 0.328. The van der Waals surface area contributed by atoms with E-state index >= 15 is 0 Å². The molecule has 0 N–H and O–H groups in total. The Kier molecular flexibility index (Phi) is 7.24. The zero-order valence-electron chi connectivity index (χ0n) is 7.96. The number of hydrogen-bond donors (Lipinski definition) is 0. The van der Waals surface area contributed by atoms with Gasteiger partial charge in [-0.2, -0.15) is 6.42 Å². The standard InChI is InChI=1S/C10H14N.Li/c1-2-3-4-7-10-8-5-6-9-11-10;/h4-6,8-9H,2-3,7H2,1H3;/q-1;+1. The van der Waals surface area contributed by atoms with Crippen LogP contribution in [0.1, 0.15) is 25.5 Å². The molecule has 0 saturated heterocycles. The summed E-state index contributed by atoms with van der Waals surface area (Å²) >= 11 is 0. The van der Waals surface area contributed by atoms with Crippen LogP contribution in [0, 0.1) is 6.42 Å². The Morgan fingerprint density at radius 3 is 2.83 bits per heavy atom. The first-order valence-corrected chi connectivity index (χ1v) is 4.15. The summed E-state index contributed by atoms with van der Waals surface area (Å²) in [6.07, 6.45) is 7.55. The SMILES string of the molecule is CCC[CH-]Cc1ccccn1.[Li+]. The molecule has 1 nitrogen and oxygen atoms in total. The van der Waals surface area contributed by atoms with Gasteiger partial charge in [0.15, 0.2) is 0 Å². The molecule has 0 radical (unpaired) electrons. The van der Waals surface area contributed by atoms with E-state index in [4.69, 9.17) is 0 Å². The van der Waals surface area contributed by atoms with Crippen molar-refractivity contribution in [2.45, 2.75) is 26.2 Å². The zero-order valence-corrected chi connectivity index (χ0v) is 7.96. The fourth-order valence-electron chi connectivity index (χ4n) is 0.973. The second-order valence-electron chi connectivity index (χ2n) is 2.60. The van der Waals surface area contributed by atoms with E-state index in [0.717, 1.165) is 6.42 Å². The van der Waals surface area contributed by atoms with E-state index in [0.29, 0.717) is 0 Å². The van der Waals surface area contributed by atoms with Crippen molar-refractivity contribution in [1.82, 2.24) is 4.98 Å². The molecule has 1 heterocycles. The van der Waals surface area contributed by atoms with Gasteiger partial charge in [-0.1, -0.05) is 19.4 Å². The molecule has 0 atom stereocenters. The Morgan fingerprint density at radius 1 is 1.42 bits per heavy atom. The maximum absolute atomic E-state index is 4.22. The molecule has 0 amide bonds. The van der Waals surface area contributed by atoms with Gasteiger partial charge in [-0.15, -0.1) is 6.42 Å². The van der Waals surface area contributed by atoms with Gasteiger partial charge in [0.25, 0.3) is 0 Å². The van der Waals surface area contributed by atoms with Crippen LogP contribution in [0.2, 0.25) is 0 Å². The number of nitrogens with zero attached hydrogens (tertiary/aromatic N) is 1. The molecular weight excluding hydrogens is 141 g/mol. The summed E-state index contributed by atoms with van der Waals surface area (Å²) in [5.41, 5.74) is 1.17. The number of rotatable bonds is 4. The molecule has 2 heteroatoms. The van der Waals surface area contributed by atoms with Gasteiger partial charge in [0.1, 0.15) is 0 Å². The van der Waals surface area contributed by atoms with Gasteiger partial charge >= 0.3 is 18.9 Å². The third-order valence-corrected chi connectivity index (χ3v) is 1.57. The van der Waals surface area contributed by atoms with Gasteiger partial charge in [0, 0.05) is 11.9 Å². The number of aromatic nitrogens is 1. The predicted octanol–water partition coefficient (Wildman–Crippen LogP) is -0.368. The number of pyridine rings is 1. The van der Waals surface area contributed by atoms with Gasteiger partial charge in [0.2, 0.25) is 0 Å². The topological polar surface area (TPSA) is 12.9 Å². The van der Waals surface area contributed by atoms with Crippen molar-refractivity contribution in [2.75, 3.05) is 0 Å². The van der Waals surface area contributed by atoms with E-state index in [-0.39, 0.29) is 18.9 Å². The summed E-state index contributed by atoms with van der Waals surface area (Å²) in [6, 6.07) is 6.04. The smallest absolute Gasteiger partial charge is 0.323 e. The molecule has 0 unspecified atom stereocenters. The fourth-order valence-corrected chi connectivity index (χ4v) is 0.973. The first-order chi connectivity index (χ1) is 5.43. The van der Waals surface area contributed by atoms with Gasteiger partial charge in [-0.05, 0) is 12.1 Å². The third-order valence-electron chi connectivity index (χ3n) is 1.57. The molecule has 12 heavy (non-hydrogen) atoms. The average molecular weight is 155 g/mol. The Balaban J connectivity index is 0.00000121. The summed E-state index contributed by atoms with van der Waals surface area (Å²) in [7, 11) is 0. The van der Waals surface area contributed by atoms with E-state index < -0.39 is 0 Å². The summed E-state index contributed by atoms with van der Waals surface area (Å²) in [6.45, 7) is 2.19. The molecule has 0 bridgehead atoms. The van der Waals surface area contributed by atoms with Crippen molar-refractivity contribution >= 4 is 0 Å². The summed E-state index contributed by atoms with van der Waals surface area (Å²) in [4.78, 5) is 4.22. The van der Waals surface area contributed by atoms with Crippen molar-refractivity contribution in [1.29, 1.82) is 0 Å². The summed E-state index contributed by atoms with van der Waals surface area (Å²) in [5.74, 6) is 0. The molecule has 0 saturated carbocycles. The van der Waals surface area contributed by atoms with E-state index in [1.54, 1.807) is 0 Å². The van der Waals surface area contributed by atoms with Crippen molar-refractivity contribution in [3.8, 4) is 0 Å². The van der Waals surface area contributed by atoms with Crippen LogP contribution >= 0.6 is 0 Å². The molecule has 1 aromatic heterocycles. The van der Waals surface area contributed by atoms with Crippen molar-refractivity contribution in [3.63, 3.8) is 0 Å². The maximum Gasteiger partial charge on any atom is 1.00 e. The van der Waals surface area contributed by atoms with E-state index in [1.807, 2.05) is 18.3 Å². The predicted molar refractivity (Wildman–Crippen MR) is 47.1 cm³/mol. The van der Waals surface area contributed by atoms with Crippen LogP contribution in [0.3, 0.4) is 0 Å². The second-order valence-corrected chi connectivity index (χ2v) is 2.60. The monoisotopic (exact) mass is 155 g/mol. The van der Waals surface area contributed by atoms with Crippen LogP contribution in [0.5, 0.6) is 0 Å². The molecular formula is C10H14LiN. The second kappa shape index (κ2) is 7.40. The molecule has 0 aliphatic heterocycles. The van der Waals surface area contributed by atoms with E-state index in [2.05, 4.69) is 24.4 Å². The minimum Gasteiger partial charge on any atom is -0.323 e. The minimum atomic E-state index is 0. The maximum atomic E-state index is 4.22. The fraction of sp³-hybridized carbons (Fsp3) is 0.400. The van der Waals surface area contributed by atoms with Gasteiger partial charge in [-0.3, -0.25) is 4.98 Å². The third kappa shape index (κ3) is 4.59. The molecule has 60 valence electrons. The van der Waals surface area contributed by atoms with Crippen LogP contribution in [-0.4, -0.2) is 4.98 Å². The Hall–Kier alpha value is -0.253. The van der Waals surface area contributed by atoms with Gasteiger partial charge in [-0.25, -0.2) is 0 Å². The average Bonchev–Trinajstić information content (AvgIpc) is 2.07. The molecule has 1 rings (SSSR count). The Bertz CT molecular complexity index is 186. The minimum absolute atomic E-state index is 0. The van der Waals surface area contributed by atoms with Gasteiger partial charge < -0.3 is 6.42 Å². The molecule has 1 aromatic rings. The Morgan fingerprint density at radius 2 is 2.25 bits per heavy atom. The molecule has 0 fully saturated rings. The van der Waals surface area contributed by atoms with Crippen LogP contribution in [0.4, 0.5) is 0 Å². The molecule has 0 aliphatic rings. The van der Waals surface area contributed by atoms with Crippen LogP contribution in [-0.2, 0) is 6.42 Å². The Labute approximate surface area is 86.8 Å². The number of unbranched alkanes of at least 4 members (excludes halogenated alkanes) is 2. The molecule has 0 aromatic carbocycles. The van der Waals surface area contributed by atoms with E-state index in [9.17, 15) is 0 Å². The van der Waals surface area contributed by atoms with Crippen LogP contribution < -0.4 is 18.9 Å². The van der Waals surface area contributed by atoms with E-state index in [1.165, 1.54) is 18.5 Å². The zero-order chi connectivity index (χ0) is 7.94. The van der Waals surface area contributed by atoms with Gasteiger partial charge in [0.05, 0.1) is 0 Å². The van der Waals surface area contributed by atoms with Crippen LogP contribution in [0.25, 0.3) is 0 Å². The first-order valence-electron chi connectivity index (χ1n) is 4.15. The van der Waals surface area contributed by atoms with Crippen LogP contribution in [0.15, 0.2) is 24.4 Å². The largest absolute Gasteiger partial charge is 1.00 e. The molecule has 0 aliphatic carbocycles. The van der Waals surface area contributed by atoms with Crippen molar-refractivity contribution in [2.24, 2.45) is 0 Å². The summed E-state index contributed by atoms with van der Waals surface area (Å²) in [5, 5.41) is 0. The van der Waals surface area contributed by atoms with Crippen molar-refractivity contribution < 1.29 is 18.9 Å². The summed E-state index contributed by atoms with van der Waals surface area (Å²) < 4.78 is 0. The normalized spacial score (nSPS) is 9.08. The molecule has 0 spiro atoms. The van der Waals surface area contributed by atoms with Crippen molar-refractivity contribution in [3.05, 3.63) is 36.5 Å². The number of hydrogen-bond acceptors (Lipinski definition) is 1. The first kappa shape index (κ1) is 11.7.